The number of fused-ring (bicyclic) bond motifs is 9. The quantitative estimate of drug-likeness (QED) is 0.179. The van der Waals surface area contributed by atoms with Crippen molar-refractivity contribution in [3.63, 3.8) is 0 Å². The normalized spacial score (nSPS) is 12.7. The highest BCUT2D eigenvalue weighted by molar-refractivity contribution is 7.47. The van der Waals surface area contributed by atoms with E-state index in [4.69, 9.17) is 12.3 Å². The number of pyridine rings is 3. The van der Waals surface area contributed by atoms with E-state index in [1.807, 2.05) is 60.7 Å². The van der Waals surface area contributed by atoms with E-state index in [1.54, 1.807) is 0 Å². The summed E-state index contributed by atoms with van der Waals surface area (Å²) < 4.78 is 8.62. The first-order valence-electron chi connectivity index (χ1n) is 16.6. The van der Waals surface area contributed by atoms with Gasteiger partial charge in [0.25, 0.3) is 0 Å². The lowest BCUT2D eigenvalue weighted by Gasteiger charge is -2.17. The van der Waals surface area contributed by atoms with Gasteiger partial charge in [-0.1, -0.05) is 65.8 Å². The Morgan fingerprint density at radius 2 is 1.63 bits per heavy atom. The first-order chi connectivity index (χ1) is 22.2. The molecule has 46 heavy (non-hydrogen) atoms. The van der Waals surface area contributed by atoms with Crippen molar-refractivity contribution in [1.82, 2.24) is 9.97 Å². The monoisotopic (exact) mass is 626 g/mol. The number of benzene rings is 2. The third-order valence-corrected chi connectivity index (χ3v) is 10.6. The maximum atomic E-state index is 6.36. The third kappa shape index (κ3) is 6.35. The van der Waals surface area contributed by atoms with E-state index < -0.39 is 7.69 Å². The SMILES string of the molecule is CC.CC.Cc1ccc(-c2ccc3cc2CCC3)nc1.[B]C(C)(C)c1cc[n+]2c(c1)c1c3oc4nc(C)ccc4c3ccc1p2C. The van der Waals surface area contributed by atoms with Gasteiger partial charge in [0.2, 0.25) is 11.2 Å². The first-order valence-corrected chi connectivity index (χ1v) is 18.4. The lowest BCUT2D eigenvalue weighted by Crippen LogP contribution is -2.21. The van der Waals surface area contributed by atoms with E-state index in [2.05, 4.69) is 94.6 Å². The van der Waals surface area contributed by atoms with Crippen LogP contribution in [-0.2, 0) is 24.8 Å². The fourth-order valence-electron chi connectivity index (χ4n) is 6.15. The molecular formula is C40H46BN3OP+. The van der Waals surface area contributed by atoms with Gasteiger partial charge in [-0.05, 0) is 91.0 Å². The summed E-state index contributed by atoms with van der Waals surface area (Å²) in [5.41, 5.74) is 11.5. The van der Waals surface area contributed by atoms with Crippen LogP contribution in [0.3, 0.4) is 0 Å². The maximum absolute atomic E-state index is 6.36. The molecule has 2 aromatic carbocycles. The van der Waals surface area contributed by atoms with Crippen LogP contribution in [-0.4, -0.2) is 17.8 Å². The summed E-state index contributed by atoms with van der Waals surface area (Å²) in [6.45, 7) is 18.4. The Morgan fingerprint density at radius 1 is 0.870 bits per heavy atom. The van der Waals surface area contributed by atoms with Crippen LogP contribution in [0.15, 0.2) is 83.5 Å². The highest BCUT2D eigenvalue weighted by Crippen LogP contribution is 2.42. The second kappa shape index (κ2) is 13.8. The van der Waals surface area contributed by atoms with Crippen LogP contribution in [0.5, 0.6) is 0 Å². The van der Waals surface area contributed by atoms with Gasteiger partial charge in [0.05, 0.1) is 18.7 Å². The Kier molecular flexibility index (Phi) is 10.0. The number of hydrogen-bond acceptors (Lipinski definition) is 3. The average Bonchev–Trinajstić information content (AvgIpc) is 3.57. The molecule has 1 atom stereocenters. The van der Waals surface area contributed by atoms with Gasteiger partial charge >= 0.3 is 0 Å². The van der Waals surface area contributed by atoms with Crippen molar-refractivity contribution in [2.75, 3.05) is 0 Å². The molecule has 5 aromatic heterocycles. The largest absolute Gasteiger partial charge is 0.437 e. The molecule has 7 aromatic rings. The Morgan fingerprint density at radius 3 is 2.35 bits per heavy atom. The molecule has 0 fully saturated rings. The summed E-state index contributed by atoms with van der Waals surface area (Å²) in [7, 11) is 5.90. The predicted molar refractivity (Wildman–Crippen MR) is 199 cm³/mol. The summed E-state index contributed by atoms with van der Waals surface area (Å²) in [6, 6.07) is 24.0. The summed E-state index contributed by atoms with van der Waals surface area (Å²) in [6.07, 6.45) is 7.81. The van der Waals surface area contributed by atoms with Crippen LogP contribution >= 0.6 is 7.69 Å². The molecule has 0 spiro atoms. The number of nitrogens with zero attached hydrogens (tertiary/aromatic N) is 3. The Bertz CT molecular complexity index is 2140. The molecule has 5 heterocycles. The van der Waals surface area contributed by atoms with Crippen LogP contribution in [0.25, 0.3) is 49.3 Å². The van der Waals surface area contributed by atoms with Gasteiger partial charge in [-0.25, -0.2) is 4.98 Å². The Labute approximate surface area is 276 Å². The first kappa shape index (κ1) is 33.4. The molecule has 2 radical (unpaired) electrons. The summed E-state index contributed by atoms with van der Waals surface area (Å²) in [4.78, 5) is 9.09. The zero-order chi connectivity index (χ0) is 33.2. The van der Waals surface area contributed by atoms with Crippen molar-refractivity contribution in [2.45, 2.75) is 80.0 Å². The molecule has 8 rings (SSSR count). The van der Waals surface area contributed by atoms with Crippen molar-refractivity contribution >= 4 is 53.6 Å². The van der Waals surface area contributed by atoms with E-state index in [0.717, 1.165) is 33.3 Å². The van der Waals surface area contributed by atoms with Gasteiger partial charge in [-0.15, -0.1) is 0 Å². The number of aromatic nitrogens is 3. The smallest absolute Gasteiger partial charge is 0.227 e. The molecule has 6 heteroatoms. The van der Waals surface area contributed by atoms with Crippen molar-refractivity contribution in [2.24, 2.45) is 6.66 Å². The topological polar surface area (TPSA) is 43.0 Å². The summed E-state index contributed by atoms with van der Waals surface area (Å²) in [5, 5.41) is 4.35. The highest BCUT2D eigenvalue weighted by atomic mass is 31.1. The number of hydrogen-bond donors (Lipinski definition) is 0. The third-order valence-electron chi connectivity index (χ3n) is 8.50. The predicted octanol–water partition coefficient (Wildman–Crippen LogP) is 10.7. The van der Waals surface area contributed by atoms with Gasteiger partial charge in [0, 0.05) is 47.0 Å². The summed E-state index contributed by atoms with van der Waals surface area (Å²) in [5.74, 6) is 0. The van der Waals surface area contributed by atoms with Gasteiger partial charge in [0.15, 0.2) is 11.8 Å². The molecule has 0 saturated heterocycles. The van der Waals surface area contributed by atoms with Gasteiger partial charge in [0.1, 0.15) is 13.1 Å². The van der Waals surface area contributed by atoms with E-state index >= 15 is 0 Å². The summed E-state index contributed by atoms with van der Waals surface area (Å²) >= 11 is 0. The van der Waals surface area contributed by atoms with Crippen LogP contribution < -0.4 is 4.16 Å². The van der Waals surface area contributed by atoms with E-state index in [-0.39, 0.29) is 5.31 Å². The molecular weight excluding hydrogens is 580 g/mol. The van der Waals surface area contributed by atoms with E-state index in [0.29, 0.717) is 5.71 Å². The molecule has 0 aliphatic heterocycles. The minimum absolute atomic E-state index is 0.380. The highest BCUT2D eigenvalue weighted by Gasteiger charge is 2.25. The second-order valence-corrected chi connectivity index (χ2v) is 14.2. The van der Waals surface area contributed by atoms with Crippen LogP contribution in [0.2, 0.25) is 0 Å². The van der Waals surface area contributed by atoms with Gasteiger partial charge in [-0.2, -0.15) is 4.16 Å². The zero-order valence-corrected chi connectivity index (χ0v) is 29.8. The van der Waals surface area contributed by atoms with Crippen molar-refractivity contribution in [3.05, 3.63) is 107 Å². The molecule has 1 aliphatic carbocycles. The van der Waals surface area contributed by atoms with Crippen molar-refractivity contribution < 1.29 is 8.58 Å². The number of rotatable bonds is 2. The van der Waals surface area contributed by atoms with Crippen LogP contribution in [0.1, 0.15) is 75.9 Å². The molecule has 4 nitrogen and oxygen atoms in total. The lowest BCUT2D eigenvalue weighted by molar-refractivity contribution is -0.432. The minimum atomic E-state index is -0.458. The lowest BCUT2D eigenvalue weighted by atomic mass is 9.68. The van der Waals surface area contributed by atoms with Gasteiger partial charge < -0.3 is 4.42 Å². The Balaban J connectivity index is 0.000000179. The molecule has 2 bridgehead atoms. The zero-order valence-electron chi connectivity index (χ0n) is 28.9. The maximum Gasteiger partial charge on any atom is 0.227 e. The van der Waals surface area contributed by atoms with Gasteiger partial charge in [-0.3, -0.25) is 4.98 Å². The molecule has 0 amide bonds. The standard InChI is InChI=1S/C21H19BN2OP.C15H15N.2C2H6/c1-12-5-6-15-14-7-8-17-18(19(14)25-20(15)23-12)16-11-13(21(2,3)22)9-10-24(16)26(17)4;1-11-5-8-15(16-10-11)14-7-6-12-3-2-4-13(14)9-12;2*1-2/h5-11H,1-4H3;5-10H,2-4H2,1H3;2*1-2H3/q+1;;;. The molecule has 0 N–H and O–H groups in total. The number of aryl methyl sites for hydroxylation is 5. The molecule has 1 unspecified atom stereocenters. The molecule has 1 aliphatic rings. The van der Waals surface area contributed by atoms with Crippen LogP contribution in [0, 0.1) is 13.8 Å². The molecule has 234 valence electrons. The average molecular weight is 627 g/mol. The van der Waals surface area contributed by atoms with Crippen molar-refractivity contribution in [3.8, 4) is 11.3 Å². The number of furan rings is 1. The fraction of sp³-hybridized carbons (Fsp3) is 0.325. The minimum Gasteiger partial charge on any atom is -0.437 e. The fourth-order valence-corrected chi connectivity index (χ4v) is 7.96. The molecule has 0 saturated carbocycles. The second-order valence-electron chi connectivity index (χ2n) is 12.2. The van der Waals surface area contributed by atoms with E-state index in [9.17, 15) is 0 Å². The van der Waals surface area contributed by atoms with Crippen LogP contribution in [0.4, 0.5) is 0 Å². The van der Waals surface area contributed by atoms with Crippen molar-refractivity contribution in [1.29, 1.82) is 0 Å². The van der Waals surface area contributed by atoms with E-state index in [1.165, 1.54) is 57.5 Å². The Hall–Kier alpha value is -3.95.